The van der Waals surface area contributed by atoms with Crippen molar-refractivity contribution in [2.75, 3.05) is 31.5 Å². The number of piperidine rings is 1. The fourth-order valence-corrected chi connectivity index (χ4v) is 3.80. The molecule has 3 rings (SSSR count). The standard InChI is InChI=1S/C16H22BrN3O/c17-12-6-4-7-13-14(12)15(16(21)19-13)18-8-5-11-20-9-2-1-3-10-20/h4,6-7,15,18H,1-3,5,8-11H2,(H,19,21). The van der Waals surface area contributed by atoms with Gasteiger partial charge in [-0.05, 0) is 57.6 Å². The van der Waals surface area contributed by atoms with Crippen LogP contribution in [0.5, 0.6) is 0 Å². The Bertz CT molecular complexity index is 514. The number of nitrogens with zero attached hydrogens (tertiary/aromatic N) is 1. The van der Waals surface area contributed by atoms with Crippen LogP contribution in [-0.4, -0.2) is 37.0 Å². The monoisotopic (exact) mass is 351 g/mol. The maximum Gasteiger partial charge on any atom is 0.246 e. The topological polar surface area (TPSA) is 44.4 Å². The second kappa shape index (κ2) is 6.90. The molecule has 21 heavy (non-hydrogen) atoms. The van der Waals surface area contributed by atoms with Gasteiger partial charge in [0, 0.05) is 15.7 Å². The lowest BCUT2D eigenvalue weighted by molar-refractivity contribution is -0.117. The Hall–Kier alpha value is -0.910. The molecule has 1 aromatic rings. The molecule has 0 saturated carbocycles. The fraction of sp³-hybridized carbons (Fsp3) is 0.562. The van der Waals surface area contributed by atoms with E-state index >= 15 is 0 Å². The van der Waals surface area contributed by atoms with Gasteiger partial charge in [-0.2, -0.15) is 0 Å². The van der Waals surface area contributed by atoms with Crippen molar-refractivity contribution in [3.63, 3.8) is 0 Å². The molecule has 2 aliphatic heterocycles. The van der Waals surface area contributed by atoms with E-state index in [1.807, 2.05) is 18.2 Å². The van der Waals surface area contributed by atoms with Gasteiger partial charge in [0.1, 0.15) is 6.04 Å². The molecule has 4 nitrogen and oxygen atoms in total. The number of carbonyl (C=O) groups excluding carboxylic acids is 1. The number of hydrogen-bond acceptors (Lipinski definition) is 3. The summed E-state index contributed by atoms with van der Waals surface area (Å²) in [7, 11) is 0. The fourth-order valence-electron chi connectivity index (χ4n) is 3.20. The third-order valence-electron chi connectivity index (χ3n) is 4.31. The molecule has 2 N–H and O–H groups in total. The maximum absolute atomic E-state index is 12.1. The first-order chi connectivity index (χ1) is 10.3. The lowest BCUT2D eigenvalue weighted by Crippen LogP contribution is -2.34. The van der Waals surface area contributed by atoms with E-state index in [-0.39, 0.29) is 11.9 Å². The summed E-state index contributed by atoms with van der Waals surface area (Å²) in [5, 5.41) is 6.34. The number of rotatable bonds is 5. The number of nitrogens with one attached hydrogen (secondary N) is 2. The van der Waals surface area contributed by atoms with Crippen LogP contribution >= 0.6 is 15.9 Å². The summed E-state index contributed by atoms with van der Waals surface area (Å²) < 4.78 is 0.992. The summed E-state index contributed by atoms with van der Waals surface area (Å²) >= 11 is 3.55. The molecule has 1 atom stereocenters. The first kappa shape index (κ1) is 15.0. The maximum atomic E-state index is 12.1. The third-order valence-corrected chi connectivity index (χ3v) is 5.00. The molecule has 1 unspecified atom stereocenters. The highest BCUT2D eigenvalue weighted by Gasteiger charge is 2.31. The highest BCUT2D eigenvalue weighted by molar-refractivity contribution is 9.10. The second-order valence-corrected chi connectivity index (χ2v) is 6.69. The Morgan fingerprint density at radius 2 is 2.10 bits per heavy atom. The minimum atomic E-state index is -0.225. The van der Waals surface area contributed by atoms with Gasteiger partial charge in [-0.15, -0.1) is 0 Å². The lowest BCUT2D eigenvalue weighted by Gasteiger charge is -2.26. The van der Waals surface area contributed by atoms with Crippen LogP contribution < -0.4 is 10.6 Å². The minimum Gasteiger partial charge on any atom is -0.324 e. The average molecular weight is 352 g/mol. The summed E-state index contributed by atoms with van der Waals surface area (Å²) in [5.74, 6) is 0.0508. The Labute approximate surface area is 134 Å². The third kappa shape index (κ3) is 3.47. The predicted molar refractivity (Wildman–Crippen MR) is 88.4 cm³/mol. The minimum absolute atomic E-state index is 0.0508. The van der Waals surface area contributed by atoms with Crippen molar-refractivity contribution in [3.05, 3.63) is 28.2 Å². The van der Waals surface area contributed by atoms with Gasteiger partial charge in [0.05, 0.1) is 0 Å². The quantitative estimate of drug-likeness (QED) is 0.801. The van der Waals surface area contributed by atoms with Crippen LogP contribution in [0.3, 0.4) is 0 Å². The molecule has 2 heterocycles. The van der Waals surface area contributed by atoms with E-state index in [2.05, 4.69) is 31.5 Å². The molecule has 2 aliphatic rings. The molecular formula is C16H22BrN3O. The molecule has 1 fully saturated rings. The van der Waals surface area contributed by atoms with Crippen LogP contribution in [0, 0.1) is 0 Å². The molecule has 0 aromatic heterocycles. The van der Waals surface area contributed by atoms with E-state index in [0.717, 1.165) is 35.2 Å². The summed E-state index contributed by atoms with van der Waals surface area (Å²) in [5.41, 5.74) is 1.96. The Morgan fingerprint density at radius 3 is 2.90 bits per heavy atom. The van der Waals surface area contributed by atoms with E-state index in [1.165, 1.54) is 32.4 Å². The van der Waals surface area contributed by atoms with E-state index in [0.29, 0.717) is 0 Å². The molecule has 0 aliphatic carbocycles. The van der Waals surface area contributed by atoms with Crippen LogP contribution in [0.15, 0.2) is 22.7 Å². The number of amides is 1. The molecule has 114 valence electrons. The highest BCUT2D eigenvalue weighted by Crippen LogP contribution is 2.36. The molecule has 0 radical (unpaired) electrons. The summed E-state index contributed by atoms with van der Waals surface area (Å²) in [6.07, 6.45) is 5.13. The number of anilines is 1. The molecule has 1 aromatic carbocycles. The zero-order valence-corrected chi connectivity index (χ0v) is 13.8. The highest BCUT2D eigenvalue weighted by atomic mass is 79.9. The van der Waals surface area contributed by atoms with Gasteiger partial charge in [-0.25, -0.2) is 0 Å². The van der Waals surface area contributed by atoms with Crippen LogP contribution in [0.25, 0.3) is 0 Å². The number of benzene rings is 1. The van der Waals surface area contributed by atoms with Crippen molar-refractivity contribution >= 4 is 27.5 Å². The van der Waals surface area contributed by atoms with Crippen LogP contribution in [0.1, 0.15) is 37.3 Å². The van der Waals surface area contributed by atoms with Crippen LogP contribution in [0.2, 0.25) is 0 Å². The van der Waals surface area contributed by atoms with Gasteiger partial charge in [0.25, 0.3) is 0 Å². The zero-order chi connectivity index (χ0) is 14.7. The van der Waals surface area contributed by atoms with Crippen molar-refractivity contribution < 1.29 is 4.79 Å². The van der Waals surface area contributed by atoms with E-state index in [4.69, 9.17) is 0 Å². The molecule has 1 amide bonds. The van der Waals surface area contributed by atoms with Crippen LogP contribution in [0.4, 0.5) is 5.69 Å². The Kier molecular flexibility index (Phi) is 4.93. The smallest absolute Gasteiger partial charge is 0.246 e. The SMILES string of the molecule is O=C1Nc2cccc(Br)c2C1NCCCN1CCCCC1. The molecule has 5 heteroatoms. The molecule has 0 bridgehead atoms. The number of carbonyl (C=O) groups is 1. The number of fused-ring (bicyclic) bond motifs is 1. The van der Waals surface area contributed by atoms with Crippen molar-refractivity contribution in [2.24, 2.45) is 0 Å². The lowest BCUT2D eigenvalue weighted by atomic mass is 10.1. The molecule has 0 spiro atoms. The summed E-state index contributed by atoms with van der Waals surface area (Å²) in [6, 6.07) is 5.66. The second-order valence-electron chi connectivity index (χ2n) is 5.83. The normalized spacial score (nSPS) is 22.1. The van der Waals surface area contributed by atoms with Gasteiger partial charge in [0.15, 0.2) is 0 Å². The number of hydrogen-bond donors (Lipinski definition) is 2. The predicted octanol–water partition coefficient (Wildman–Crippen LogP) is 2.91. The molecular weight excluding hydrogens is 330 g/mol. The largest absolute Gasteiger partial charge is 0.324 e. The van der Waals surface area contributed by atoms with Gasteiger partial charge in [0.2, 0.25) is 5.91 Å². The van der Waals surface area contributed by atoms with Crippen molar-refractivity contribution in [2.45, 2.75) is 31.7 Å². The Balaban J connectivity index is 1.51. The van der Waals surface area contributed by atoms with Gasteiger partial charge >= 0.3 is 0 Å². The first-order valence-electron chi connectivity index (χ1n) is 7.81. The summed E-state index contributed by atoms with van der Waals surface area (Å²) in [4.78, 5) is 14.6. The van der Waals surface area contributed by atoms with Crippen molar-refractivity contribution in [3.8, 4) is 0 Å². The van der Waals surface area contributed by atoms with Crippen molar-refractivity contribution in [1.82, 2.24) is 10.2 Å². The van der Waals surface area contributed by atoms with E-state index in [9.17, 15) is 4.79 Å². The van der Waals surface area contributed by atoms with Gasteiger partial charge < -0.3 is 15.5 Å². The van der Waals surface area contributed by atoms with Gasteiger partial charge in [-0.1, -0.05) is 28.4 Å². The number of halogens is 1. The number of likely N-dealkylation sites (tertiary alicyclic amines) is 1. The van der Waals surface area contributed by atoms with Crippen LogP contribution in [-0.2, 0) is 4.79 Å². The van der Waals surface area contributed by atoms with E-state index in [1.54, 1.807) is 0 Å². The van der Waals surface area contributed by atoms with Crippen molar-refractivity contribution in [1.29, 1.82) is 0 Å². The average Bonchev–Trinajstić information content (AvgIpc) is 2.82. The summed E-state index contributed by atoms with van der Waals surface area (Å²) in [6.45, 7) is 4.47. The zero-order valence-electron chi connectivity index (χ0n) is 12.2. The molecule has 1 saturated heterocycles. The van der Waals surface area contributed by atoms with E-state index < -0.39 is 0 Å². The Morgan fingerprint density at radius 1 is 1.29 bits per heavy atom. The van der Waals surface area contributed by atoms with Gasteiger partial charge in [-0.3, -0.25) is 4.79 Å². The first-order valence-corrected chi connectivity index (χ1v) is 8.60.